The van der Waals surface area contributed by atoms with E-state index in [1.165, 1.54) is 28.0 Å². The van der Waals surface area contributed by atoms with Crippen LogP contribution in [-0.4, -0.2) is 42.3 Å². The van der Waals surface area contributed by atoms with E-state index in [9.17, 15) is 8.42 Å². The number of aryl methyl sites for hydroxylation is 2. The second-order valence-electron chi connectivity index (χ2n) is 11.5. The van der Waals surface area contributed by atoms with Gasteiger partial charge < -0.3 is 4.48 Å². The number of quaternary nitrogens is 1. The monoisotopic (exact) mass is 663 g/mol. The van der Waals surface area contributed by atoms with Gasteiger partial charge in [-0.25, -0.2) is 8.42 Å². The molecule has 5 rings (SSSR count). The lowest BCUT2D eigenvalue weighted by Crippen LogP contribution is -2.47. The van der Waals surface area contributed by atoms with Crippen LogP contribution >= 0.6 is 27.3 Å². The van der Waals surface area contributed by atoms with Gasteiger partial charge in [0.1, 0.15) is 16.2 Å². The molecule has 0 aliphatic rings. The van der Waals surface area contributed by atoms with E-state index < -0.39 is 10.0 Å². The molecule has 4 aromatic carbocycles. The maximum Gasteiger partial charge on any atom is 0.252 e. The van der Waals surface area contributed by atoms with E-state index in [0.29, 0.717) is 17.3 Å². The quantitative estimate of drug-likeness (QED) is 0.0545. The van der Waals surface area contributed by atoms with Crippen molar-refractivity contribution >= 4 is 58.1 Å². The molecule has 0 saturated heterocycles. The zero-order valence-electron chi connectivity index (χ0n) is 24.7. The summed E-state index contributed by atoms with van der Waals surface area (Å²) in [5.74, 6) is 0. The van der Waals surface area contributed by atoms with Crippen molar-refractivity contribution in [3.05, 3.63) is 113 Å². The minimum atomic E-state index is -3.66. The SMILES string of the molecule is CC[N+](CBr)(CCCCN(Cc1ccc2ccccc2c1)S(=O)(=O)c1cc2ccccc2s1)Cc1cc(C)cc(C)c1. The molecule has 0 aliphatic carbocycles. The number of benzene rings is 4. The first-order chi connectivity index (χ1) is 20.2. The van der Waals surface area contributed by atoms with Crippen LogP contribution in [0.25, 0.3) is 20.9 Å². The first-order valence-corrected chi connectivity index (χ1v) is 18.0. The van der Waals surface area contributed by atoms with Gasteiger partial charge in [0.25, 0.3) is 10.0 Å². The van der Waals surface area contributed by atoms with Crippen molar-refractivity contribution in [3.63, 3.8) is 0 Å². The smallest absolute Gasteiger partial charge is 0.252 e. The largest absolute Gasteiger partial charge is 0.311 e. The molecule has 0 N–H and O–H groups in total. The minimum Gasteiger partial charge on any atom is -0.311 e. The zero-order valence-corrected chi connectivity index (χ0v) is 27.9. The molecule has 0 amide bonds. The Kier molecular flexibility index (Phi) is 9.85. The fourth-order valence-electron chi connectivity index (χ4n) is 5.86. The number of thiophene rings is 1. The highest BCUT2D eigenvalue weighted by atomic mass is 79.9. The molecular weight excluding hydrogens is 624 g/mol. The normalized spacial score (nSPS) is 13.6. The van der Waals surface area contributed by atoms with Crippen molar-refractivity contribution < 1.29 is 12.9 Å². The van der Waals surface area contributed by atoms with E-state index >= 15 is 0 Å². The Balaban J connectivity index is 1.35. The topological polar surface area (TPSA) is 37.4 Å². The number of unbranched alkanes of at least 4 members (excludes halogenated alkanes) is 1. The fourth-order valence-corrected chi connectivity index (χ4v) is 9.66. The van der Waals surface area contributed by atoms with E-state index in [2.05, 4.69) is 85.2 Å². The van der Waals surface area contributed by atoms with E-state index in [4.69, 9.17) is 0 Å². The van der Waals surface area contributed by atoms with Crippen LogP contribution in [0, 0.1) is 13.8 Å². The van der Waals surface area contributed by atoms with Crippen LogP contribution in [0.5, 0.6) is 0 Å². The van der Waals surface area contributed by atoms with Gasteiger partial charge in [-0.15, -0.1) is 11.3 Å². The number of hydrogen-bond acceptors (Lipinski definition) is 3. The summed E-state index contributed by atoms with van der Waals surface area (Å²) < 4.78 is 32.2. The fraction of sp³-hybridized carbons (Fsp3) is 0.314. The number of halogens is 1. The first-order valence-electron chi connectivity index (χ1n) is 14.7. The van der Waals surface area contributed by atoms with Crippen molar-refractivity contribution in [2.75, 3.05) is 25.1 Å². The van der Waals surface area contributed by atoms with Crippen molar-refractivity contribution in [2.24, 2.45) is 0 Å². The summed E-state index contributed by atoms with van der Waals surface area (Å²) in [6, 6.07) is 31.0. The van der Waals surface area contributed by atoms with Crippen molar-refractivity contribution in [3.8, 4) is 0 Å². The summed E-state index contributed by atoms with van der Waals surface area (Å²) in [6.45, 7) is 10.4. The maximum atomic E-state index is 14.1. The molecule has 0 fully saturated rings. The van der Waals surface area contributed by atoms with Crippen molar-refractivity contribution in [1.82, 2.24) is 4.31 Å². The molecule has 220 valence electrons. The molecule has 0 aliphatic heterocycles. The van der Waals surface area contributed by atoms with Gasteiger partial charge in [0.05, 0.1) is 13.1 Å². The number of rotatable bonds is 13. The van der Waals surface area contributed by atoms with E-state index in [-0.39, 0.29) is 0 Å². The van der Waals surface area contributed by atoms with Crippen LogP contribution in [0.2, 0.25) is 0 Å². The third kappa shape index (κ3) is 7.14. The van der Waals surface area contributed by atoms with Gasteiger partial charge in [0.15, 0.2) is 0 Å². The van der Waals surface area contributed by atoms with Crippen LogP contribution in [-0.2, 0) is 23.1 Å². The predicted octanol–water partition coefficient (Wildman–Crippen LogP) is 9.03. The standard InChI is InChI=1S/C35H40BrN2O2S2/c1-4-38(26-36,25-30-20-27(2)19-28(3)21-30)18-10-9-17-37(24-29-15-16-31-11-5-6-12-32(31)22-29)42(39,40)35-23-33-13-7-8-14-34(33)41-35/h5-8,11-16,19-23H,4,9-10,17-18,24-26H2,1-3H3/q+1. The van der Waals surface area contributed by atoms with Crippen LogP contribution in [0.1, 0.15) is 42.0 Å². The lowest BCUT2D eigenvalue weighted by Gasteiger charge is -2.36. The molecule has 0 radical (unpaired) electrons. The molecule has 0 saturated carbocycles. The summed E-state index contributed by atoms with van der Waals surface area (Å²) in [7, 11) is -3.66. The van der Waals surface area contributed by atoms with Gasteiger partial charge in [-0.2, -0.15) is 4.31 Å². The summed E-state index contributed by atoms with van der Waals surface area (Å²) in [5, 5.41) is 3.26. The predicted molar refractivity (Wildman–Crippen MR) is 182 cm³/mol. The van der Waals surface area contributed by atoms with E-state index in [1.54, 1.807) is 4.31 Å². The Morgan fingerprint density at radius 2 is 1.48 bits per heavy atom. The maximum absolute atomic E-state index is 14.1. The number of fused-ring (bicyclic) bond motifs is 2. The Morgan fingerprint density at radius 1 is 0.786 bits per heavy atom. The van der Waals surface area contributed by atoms with Gasteiger partial charge in [0.2, 0.25) is 0 Å². The summed E-state index contributed by atoms with van der Waals surface area (Å²) in [4.78, 5) is 0. The third-order valence-electron chi connectivity index (χ3n) is 8.18. The third-order valence-corrected chi connectivity index (χ3v) is 12.7. The summed E-state index contributed by atoms with van der Waals surface area (Å²) in [6.07, 6.45) is 1.75. The highest BCUT2D eigenvalue weighted by Crippen LogP contribution is 2.32. The molecule has 0 bridgehead atoms. The Bertz CT molecular complexity index is 1720. The van der Waals surface area contributed by atoms with Gasteiger partial charge in [-0.1, -0.05) is 83.9 Å². The van der Waals surface area contributed by atoms with Crippen LogP contribution in [0.3, 0.4) is 0 Å². The Hall–Kier alpha value is -2.55. The van der Waals surface area contributed by atoms with Crippen LogP contribution in [0.15, 0.2) is 95.2 Å². The molecule has 1 unspecified atom stereocenters. The summed E-state index contributed by atoms with van der Waals surface area (Å²) in [5.41, 5.74) is 5.83. The first kappa shape index (κ1) is 30.9. The number of sulfonamides is 1. The molecule has 0 spiro atoms. The molecule has 42 heavy (non-hydrogen) atoms. The van der Waals surface area contributed by atoms with E-state index in [0.717, 1.165) is 68.8 Å². The number of nitrogens with zero attached hydrogens (tertiary/aromatic N) is 2. The lowest BCUT2D eigenvalue weighted by atomic mass is 10.1. The van der Waals surface area contributed by atoms with Gasteiger partial charge in [0, 0.05) is 23.4 Å². The number of alkyl halides is 1. The average Bonchev–Trinajstić information content (AvgIpc) is 3.43. The molecule has 7 heteroatoms. The second-order valence-corrected chi connectivity index (χ2v) is 15.2. The van der Waals surface area contributed by atoms with Crippen molar-refractivity contribution in [2.45, 2.75) is 50.9 Å². The van der Waals surface area contributed by atoms with Crippen LogP contribution < -0.4 is 0 Å². The molecule has 4 nitrogen and oxygen atoms in total. The molecular formula is C35H40BrN2O2S2+. The Labute approximate surface area is 263 Å². The zero-order chi connectivity index (χ0) is 29.7. The highest BCUT2D eigenvalue weighted by Gasteiger charge is 2.28. The molecule has 1 atom stereocenters. The lowest BCUT2D eigenvalue weighted by molar-refractivity contribution is -0.926. The summed E-state index contributed by atoms with van der Waals surface area (Å²) >= 11 is 5.18. The van der Waals surface area contributed by atoms with Gasteiger partial charge in [-0.3, -0.25) is 0 Å². The van der Waals surface area contributed by atoms with Gasteiger partial charge >= 0.3 is 0 Å². The van der Waals surface area contributed by atoms with Crippen LogP contribution in [0.4, 0.5) is 0 Å². The average molecular weight is 665 g/mol. The Morgan fingerprint density at radius 3 is 2.17 bits per heavy atom. The molecule has 5 aromatic rings. The minimum absolute atomic E-state index is 0.357. The molecule has 1 aromatic heterocycles. The molecule has 1 heterocycles. The highest BCUT2D eigenvalue weighted by molar-refractivity contribution is 9.09. The second kappa shape index (κ2) is 13.4. The number of hydrogen-bond donors (Lipinski definition) is 0. The van der Waals surface area contributed by atoms with Gasteiger partial charge in [-0.05, 0) is 89.5 Å². The van der Waals surface area contributed by atoms with Crippen molar-refractivity contribution in [1.29, 1.82) is 0 Å². The van der Waals surface area contributed by atoms with E-state index in [1.807, 2.05) is 42.5 Å².